The predicted molar refractivity (Wildman–Crippen MR) is 102 cm³/mol. The second kappa shape index (κ2) is 8.60. The number of rotatable bonds is 5. The Morgan fingerprint density at radius 3 is 2.42 bits per heavy atom. The number of benzene rings is 2. The Bertz CT molecular complexity index is 702. The smallest absolute Gasteiger partial charge is 0.265 e. The molecule has 1 atom stereocenters. The summed E-state index contributed by atoms with van der Waals surface area (Å²) in [4.78, 5) is 12.3. The van der Waals surface area contributed by atoms with E-state index in [4.69, 9.17) is 10.5 Å². The van der Waals surface area contributed by atoms with Crippen molar-refractivity contribution in [3.8, 4) is 5.75 Å². The third-order valence-corrected chi connectivity index (χ3v) is 3.77. The maximum atomic E-state index is 12.3. The van der Waals surface area contributed by atoms with E-state index in [1.807, 2.05) is 31.2 Å². The van der Waals surface area contributed by atoms with E-state index < -0.39 is 6.10 Å². The van der Waals surface area contributed by atoms with Crippen LogP contribution in [0.4, 0.5) is 11.4 Å². The molecule has 0 fully saturated rings. The van der Waals surface area contributed by atoms with E-state index in [0.717, 1.165) is 11.3 Å². The Hall–Kier alpha value is -2.20. The highest BCUT2D eigenvalue weighted by molar-refractivity contribution is 5.96. The van der Waals surface area contributed by atoms with Gasteiger partial charge in [-0.2, -0.15) is 0 Å². The SMILES string of the molecule is Cc1ccc(C(C)C)cc1OC(C)C(=O)Nc1ccccc1N.Cl. The van der Waals surface area contributed by atoms with Crippen LogP contribution in [0.15, 0.2) is 42.5 Å². The maximum absolute atomic E-state index is 12.3. The number of hydrogen-bond donors (Lipinski definition) is 2. The van der Waals surface area contributed by atoms with Gasteiger partial charge in [0.2, 0.25) is 0 Å². The number of para-hydroxylation sites is 2. The van der Waals surface area contributed by atoms with Crippen molar-refractivity contribution in [3.63, 3.8) is 0 Å². The van der Waals surface area contributed by atoms with Crippen LogP contribution >= 0.6 is 12.4 Å². The van der Waals surface area contributed by atoms with Crippen molar-refractivity contribution < 1.29 is 9.53 Å². The number of amides is 1. The van der Waals surface area contributed by atoms with Crippen LogP contribution in [0.25, 0.3) is 0 Å². The number of ether oxygens (including phenoxy) is 1. The van der Waals surface area contributed by atoms with Gasteiger partial charge in [-0.15, -0.1) is 12.4 Å². The lowest BCUT2D eigenvalue weighted by molar-refractivity contribution is -0.122. The lowest BCUT2D eigenvalue weighted by Gasteiger charge is -2.18. The number of carbonyl (C=O) groups excluding carboxylic acids is 1. The molecule has 0 aromatic heterocycles. The van der Waals surface area contributed by atoms with Crippen molar-refractivity contribution in [1.82, 2.24) is 0 Å². The standard InChI is InChI=1S/C19H24N2O2.ClH/c1-12(2)15-10-9-13(3)18(11-15)23-14(4)19(22)21-17-8-6-5-7-16(17)20;/h5-12,14H,20H2,1-4H3,(H,21,22);1H. The number of halogens is 1. The summed E-state index contributed by atoms with van der Waals surface area (Å²) in [5, 5.41) is 2.80. The van der Waals surface area contributed by atoms with Crippen molar-refractivity contribution in [2.24, 2.45) is 0 Å². The van der Waals surface area contributed by atoms with Crippen molar-refractivity contribution >= 4 is 29.7 Å². The van der Waals surface area contributed by atoms with E-state index in [1.54, 1.807) is 19.1 Å². The number of hydrogen-bond acceptors (Lipinski definition) is 3. The number of nitrogens with one attached hydrogen (secondary N) is 1. The molecule has 0 aliphatic carbocycles. The molecule has 0 aliphatic heterocycles. The van der Waals surface area contributed by atoms with Crippen molar-refractivity contribution in [2.75, 3.05) is 11.1 Å². The molecule has 0 saturated heterocycles. The minimum absolute atomic E-state index is 0. The van der Waals surface area contributed by atoms with Crippen LogP contribution in [0, 0.1) is 6.92 Å². The van der Waals surface area contributed by atoms with Crippen LogP contribution in [0.5, 0.6) is 5.75 Å². The molecule has 2 aromatic rings. The van der Waals surface area contributed by atoms with Gasteiger partial charge in [-0.25, -0.2) is 0 Å². The summed E-state index contributed by atoms with van der Waals surface area (Å²) in [6.07, 6.45) is -0.615. The minimum Gasteiger partial charge on any atom is -0.481 e. The second-order valence-corrected chi connectivity index (χ2v) is 6.02. The zero-order valence-corrected chi connectivity index (χ0v) is 15.3. The van der Waals surface area contributed by atoms with Gasteiger partial charge < -0.3 is 15.8 Å². The van der Waals surface area contributed by atoms with Gasteiger partial charge in [-0.1, -0.05) is 38.1 Å². The largest absolute Gasteiger partial charge is 0.481 e. The summed E-state index contributed by atoms with van der Waals surface area (Å²) in [5.41, 5.74) is 9.17. The first-order valence-corrected chi connectivity index (χ1v) is 7.81. The van der Waals surface area contributed by atoms with E-state index in [1.165, 1.54) is 5.56 Å². The summed E-state index contributed by atoms with van der Waals surface area (Å²) in [5.74, 6) is 0.920. The third-order valence-electron chi connectivity index (χ3n) is 3.77. The Labute approximate surface area is 149 Å². The monoisotopic (exact) mass is 348 g/mol. The Morgan fingerprint density at radius 1 is 1.12 bits per heavy atom. The fourth-order valence-corrected chi connectivity index (χ4v) is 2.19. The first kappa shape index (κ1) is 19.8. The molecule has 2 rings (SSSR count). The molecule has 0 saturated carbocycles. The van der Waals surface area contributed by atoms with Crippen molar-refractivity contribution in [3.05, 3.63) is 53.6 Å². The first-order chi connectivity index (χ1) is 10.9. The van der Waals surface area contributed by atoms with Gasteiger partial charge in [0.15, 0.2) is 6.10 Å². The summed E-state index contributed by atoms with van der Waals surface area (Å²) < 4.78 is 5.86. The van der Waals surface area contributed by atoms with Gasteiger partial charge in [0.1, 0.15) is 5.75 Å². The third kappa shape index (κ3) is 4.90. The van der Waals surface area contributed by atoms with Gasteiger partial charge >= 0.3 is 0 Å². The normalized spacial score (nSPS) is 11.5. The molecular weight excluding hydrogens is 324 g/mol. The topological polar surface area (TPSA) is 64.3 Å². The van der Waals surface area contributed by atoms with Crippen LogP contribution in [0.2, 0.25) is 0 Å². The lowest BCUT2D eigenvalue weighted by atomic mass is 10.0. The van der Waals surface area contributed by atoms with Gasteiger partial charge in [0.05, 0.1) is 11.4 Å². The van der Waals surface area contributed by atoms with Gasteiger partial charge in [0.25, 0.3) is 5.91 Å². The van der Waals surface area contributed by atoms with E-state index in [-0.39, 0.29) is 18.3 Å². The number of nitrogen functional groups attached to an aromatic ring is 1. The molecule has 3 N–H and O–H groups in total. The summed E-state index contributed by atoms with van der Waals surface area (Å²) >= 11 is 0. The Kier molecular flexibility index (Phi) is 7.11. The molecule has 130 valence electrons. The van der Waals surface area contributed by atoms with Gasteiger partial charge in [-0.3, -0.25) is 4.79 Å². The molecule has 4 nitrogen and oxygen atoms in total. The highest BCUT2D eigenvalue weighted by atomic mass is 35.5. The maximum Gasteiger partial charge on any atom is 0.265 e. The Morgan fingerprint density at radius 2 is 1.79 bits per heavy atom. The highest BCUT2D eigenvalue weighted by Crippen LogP contribution is 2.25. The van der Waals surface area contributed by atoms with Crippen LogP contribution in [-0.4, -0.2) is 12.0 Å². The number of carbonyl (C=O) groups is 1. The fourth-order valence-electron chi connectivity index (χ4n) is 2.19. The van der Waals surface area contributed by atoms with Gasteiger partial charge in [0, 0.05) is 0 Å². The van der Waals surface area contributed by atoms with Crippen molar-refractivity contribution in [2.45, 2.75) is 39.7 Å². The van der Waals surface area contributed by atoms with E-state index in [0.29, 0.717) is 17.3 Å². The molecule has 0 aliphatic rings. The average Bonchev–Trinajstić information content (AvgIpc) is 2.51. The summed E-state index contributed by atoms with van der Waals surface area (Å²) in [6.45, 7) is 7.96. The zero-order chi connectivity index (χ0) is 17.0. The Balaban J connectivity index is 0.00000288. The first-order valence-electron chi connectivity index (χ1n) is 7.81. The number of anilines is 2. The van der Waals surface area contributed by atoms with E-state index in [9.17, 15) is 4.79 Å². The minimum atomic E-state index is -0.615. The molecule has 1 amide bonds. The van der Waals surface area contributed by atoms with Crippen LogP contribution < -0.4 is 15.8 Å². The molecule has 0 radical (unpaired) electrons. The summed E-state index contributed by atoms with van der Waals surface area (Å²) in [6, 6.07) is 13.3. The van der Waals surface area contributed by atoms with Crippen LogP contribution in [-0.2, 0) is 4.79 Å². The number of aryl methyl sites for hydroxylation is 1. The summed E-state index contributed by atoms with van der Waals surface area (Å²) in [7, 11) is 0. The molecular formula is C19H25ClN2O2. The molecule has 1 unspecified atom stereocenters. The van der Waals surface area contributed by atoms with Crippen LogP contribution in [0.3, 0.4) is 0 Å². The zero-order valence-electron chi connectivity index (χ0n) is 14.5. The molecule has 0 bridgehead atoms. The fraction of sp³-hybridized carbons (Fsp3) is 0.316. The lowest BCUT2D eigenvalue weighted by Crippen LogP contribution is -2.30. The van der Waals surface area contributed by atoms with E-state index >= 15 is 0 Å². The second-order valence-electron chi connectivity index (χ2n) is 6.02. The molecule has 0 spiro atoms. The highest BCUT2D eigenvalue weighted by Gasteiger charge is 2.17. The van der Waals surface area contributed by atoms with Crippen LogP contribution in [0.1, 0.15) is 37.8 Å². The molecule has 0 heterocycles. The molecule has 5 heteroatoms. The predicted octanol–water partition coefficient (Wildman–Crippen LogP) is 4.53. The number of nitrogens with two attached hydrogens (primary N) is 1. The average molecular weight is 349 g/mol. The van der Waals surface area contributed by atoms with E-state index in [2.05, 4.69) is 25.2 Å². The molecule has 2 aromatic carbocycles. The van der Waals surface area contributed by atoms with Crippen molar-refractivity contribution in [1.29, 1.82) is 0 Å². The molecule has 24 heavy (non-hydrogen) atoms. The quantitative estimate of drug-likeness (QED) is 0.780. The van der Waals surface area contributed by atoms with Gasteiger partial charge in [-0.05, 0) is 49.1 Å².